The Morgan fingerprint density at radius 1 is 1.38 bits per heavy atom. The topological polar surface area (TPSA) is 67.6 Å². The number of nitrogens with two attached hydrogens (primary N) is 1. The Morgan fingerprint density at radius 3 is 2.67 bits per heavy atom. The number of ether oxygens (including phenoxy) is 1. The van der Waals surface area contributed by atoms with Crippen molar-refractivity contribution in [2.75, 3.05) is 19.7 Å². The fourth-order valence-corrected chi connectivity index (χ4v) is 2.54. The fourth-order valence-electron chi connectivity index (χ4n) is 2.54. The van der Waals surface area contributed by atoms with Crippen molar-refractivity contribution in [1.82, 2.24) is 10.2 Å². The van der Waals surface area contributed by atoms with Crippen molar-refractivity contribution in [1.29, 1.82) is 0 Å². The molecule has 3 N–H and O–H groups in total. The van der Waals surface area contributed by atoms with Gasteiger partial charge in [0.25, 0.3) is 0 Å². The van der Waals surface area contributed by atoms with Gasteiger partial charge in [-0.1, -0.05) is 24.3 Å². The van der Waals surface area contributed by atoms with Gasteiger partial charge < -0.3 is 15.8 Å². The number of morpholine rings is 1. The summed E-state index contributed by atoms with van der Waals surface area (Å²) in [5.41, 5.74) is 7.28. The largest absolute Gasteiger partial charge is 0.376 e. The summed E-state index contributed by atoms with van der Waals surface area (Å²) in [7, 11) is 0. The van der Waals surface area contributed by atoms with Crippen molar-refractivity contribution in [3.63, 3.8) is 0 Å². The highest BCUT2D eigenvalue weighted by Crippen LogP contribution is 2.12. The van der Waals surface area contributed by atoms with Gasteiger partial charge >= 0.3 is 0 Å². The van der Waals surface area contributed by atoms with Gasteiger partial charge in [-0.25, -0.2) is 0 Å². The zero-order valence-electron chi connectivity index (χ0n) is 14.6. The lowest BCUT2D eigenvalue weighted by Gasteiger charge is -2.31. The van der Waals surface area contributed by atoms with Crippen molar-refractivity contribution in [3.8, 4) is 0 Å². The number of nitrogens with zero attached hydrogens (tertiary/aromatic N) is 1. The lowest BCUT2D eigenvalue weighted by molar-refractivity contribution is -0.125. The molecule has 0 aromatic heterocycles. The molecule has 0 bridgehead atoms. The molecule has 1 aromatic carbocycles. The Hall–Kier alpha value is -0.850. The quantitative estimate of drug-likeness (QED) is 0.824. The molecule has 1 heterocycles. The van der Waals surface area contributed by atoms with E-state index in [1.54, 1.807) is 13.8 Å². The van der Waals surface area contributed by atoms with Crippen molar-refractivity contribution < 1.29 is 9.53 Å². The van der Waals surface area contributed by atoms with E-state index in [-0.39, 0.29) is 30.7 Å². The van der Waals surface area contributed by atoms with Gasteiger partial charge in [0.2, 0.25) is 5.91 Å². The molecule has 5 nitrogen and oxygen atoms in total. The van der Waals surface area contributed by atoms with Gasteiger partial charge in [0.15, 0.2) is 0 Å². The molecule has 1 saturated heterocycles. The summed E-state index contributed by atoms with van der Waals surface area (Å²) in [6, 6.07) is 8.33. The zero-order valence-corrected chi connectivity index (χ0v) is 16.2. The SMILES string of the molecule is CC1CN(Cc2cccc(CNC(=O)C(C)(C)N)c2)CCO1.Cl.Cl. The highest BCUT2D eigenvalue weighted by atomic mass is 35.5. The Labute approximate surface area is 157 Å². The lowest BCUT2D eigenvalue weighted by atomic mass is 10.1. The van der Waals surface area contributed by atoms with E-state index in [4.69, 9.17) is 10.5 Å². The molecule has 1 atom stereocenters. The van der Waals surface area contributed by atoms with Crippen molar-refractivity contribution in [3.05, 3.63) is 35.4 Å². The third kappa shape index (κ3) is 7.36. The normalized spacial score (nSPS) is 18.2. The maximum absolute atomic E-state index is 11.8. The van der Waals surface area contributed by atoms with Crippen molar-refractivity contribution >= 4 is 30.7 Å². The first-order chi connectivity index (χ1) is 10.3. The summed E-state index contributed by atoms with van der Waals surface area (Å²) in [5, 5.41) is 2.88. The summed E-state index contributed by atoms with van der Waals surface area (Å²) >= 11 is 0. The van der Waals surface area contributed by atoms with Crippen LogP contribution in [-0.4, -0.2) is 42.1 Å². The van der Waals surface area contributed by atoms with E-state index in [2.05, 4.69) is 29.3 Å². The predicted molar refractivity (Wildman–Crippen MR) is 102 cm³/mol. The third-order valence-corrected chi connectivity index (χ3v) is 3.76. The number of hydrogen-bond acceptors (Lipinski definition) is 4. The van der Waals surface area contributed by atoms with Crippen LogP contribution in [0.4, 0.5) is 0 Å². The van der Waals surface area contributed by atoms with E-state index in [9.17, 15) is 4.79 Å². The molecular formula is C17H29Cl2N3O2. The van der Waals surface area contributed by atoms with Gasteiger partial charge in [-0.2, -0.15) is 0 Å². The first kappa shape index (κ1) is 23.1. The molecule has 1 aliphatic heterocycles. The second-order valence-electron chi connectivity index (χ2n) is 6.64. The molecule has 2 rings (SSSR count). The molecule has 1 unspecified atom stereocenters. The monoisotopic (exact) mass is 377 g/mol. The Morgan fingerprint density at radius 2 is 2.04 bits per heavy atom. The molecule has 0 radical (unpaired) electrons. The number of carbonyl (C=O) groups excluding carboxylic acids is 1. The second kappa shape index (κ2) is 10.2. The fraction of sp³-hybridized carbons (Fsp3) is 0.588. The van der Waals surface area contributed by atoms with E-state index in [0.29, 0.717) is 12.6 Å². The van der Waals surface area contributed by atoms with Crippen LogP contribution in [0.25, 0.3) is 0 Å². The molecule has 0 saturated carbocycles. The van der Waals surface area contributed by atoms with Gasteiger partial charge in [0, 0.05) is 26.2 Å². The van der Waals surface area contributed by atoms with E-state index in [0.717, 1.165) is 31.8 Å². The maximum atomic E-state index is 11.8. The second-order valence-corrected chi connectivity index (χ2v) is 6.64. The minimum absolute atomic E-state index is 0. The minimum Gasteiger partial charge on any atom is -0.376 e. The van der Waals surface area contributed by atoms with Crippen LogP contribution in [0.2, 0.25) is 0 Å². The number of amides is 1. The number of rotatable bonds is 5. The summed E-state index contributed by atoms with van der Waals surface area (Å²) in [6.45, 7) is 9.66. The highest BCUT2D eigenvalue weighted by Gasteiger charge is 2.21. The lowest BCUT2D eigenvalue weighted by Crippen LogP contribution is -2.48. The standard InChI is InChI=1S/C17H27N3O2.2ClH/c1-13-11-20(7-8-22-13)12-15-6-4-5-14(9-15)10-19-16(21)17(2,3)18;;/h4-6,9,13H,7-8,10-12,18H2,1-3H3,(H,19,21);2*1H. The molecule has 0 aliphatic carbocycles. The van der Waals surface area contributed by atoms with Gasteiger partial charge in [-0.15, -0.1) is 24.8 Å². The number of nitrogens with one attached hydrogen (secondary N) is 1. The average molecular weight is 378 g/mol. The molecule has 1 aromatic rings. The van der Waals surface area contributed by atoms with E-state index in [1.165, 1.54) is 5.56 Å². The molecule has 138 valence electrons. The van der Waals surface area contributed by atoms with Crippen LogP contribution >= 0.6 is 24.8 Å². The molecule has 24 heavy (non-hydrogen) atoms. The highest BCUT2D eigenvalue weighted by molar-refractivity contribution is 5.85. The predicted octanol–water partition coefficient (Wildman–Crippen LogP) is 2.10. The van der Waals surface area contributed by atoms with Gasteiger partial charge in [0.1, 0.15) is 0 Å². The Bertz CT molecular complexity index is 521. The summed E-state index contributed by atoms with van der Waals surface area (Å²) in [6.07, 6.45) is 0.294. The first-order valence-corrected chi connectivity index (χ1v) is 7.83. The van der Waals surface area contributed by atoms with Crippen LogP contribution in [0, 0.1) is 0 Å². The summed E-state index contributed by atoms with van der Waals surface area (Å²) in [4.78, 5) is 14.2. The van der Waals surface area contributed by atoms with Crippen molar-refractivity contribution in [2.24, 2.45) is 5.73 Å². The number of halogens is 2. The van der Waals surface area contributed by atoms with Crippen LogP contribution in [0.1, 0.15) is 31.9 Å². The molecule has 1 fully saturated rings. The van der Waals surface area contributed by atoms with Gasteiger partial charge in [-0.3, -0.25) is 9.69 Å². The van der Waals surface area contributed by atoms with E-state index in [1.807, 2.05) is 12.1 Å². The minimum atomic E-state index is -0.846. The van der Waals surface area contributed by atoms with E-state index >= 15 is 0 Å². The molecule has 1 aliphatic rings. The van der Waals surface area contributed by atoms with Crippen LogP contribution in [0.5, 0.6) is 0 Å². The van der Waals surface area contributed by atoms with Gasteiger partial charge in [0.05, 0.1) is 18.2 Å². The Kier molecular flexibility index (Phi) is 9.85. The van der Waals surface area contributed by atoms with Crippen molar-refractivity contribution in [2.45, 2.75) is 45.5 Å². The van der Waals surface area contributed by atoms with Gasteiger partial charge in [-0.05, 0) is 31.9 Å². The number of carbonyl (C=O) groups is 1. The zero-order chi connectivity index (χ0) is 16.2. The molecule has 0 spiro atoms. The molecule has 7 heteroatoms. The maximum Gasteiger partial charge on any atom is 0.239 e. The van der Waals surface area contributed by atoms with Crippen LogP contribution in [0.3, 0.4) is 0 Å². The number of benzene rings is 1. The van der Waals surface area contributed by atoms with E-state index < -0.39 is 5.54 Å². The number of hydrogen-bond donors (Lipinski definition) is 2. The average Bonchev–Trinajstić information content (AvgIpc) is 2.44. The Balaban J connectivity index is 0.00000264. The molecule has 1 amide bonds. The molecular weight excluding hydrogens is 349 g/mol. The third-order valence-electron chi connectivity index (χ3n) is 3.76. The summed E-state index contributed by atoms with van der Waals surface area (Å²) < 4.78 is 5.57. The van der Waals surface area contributed by atoms with Crippen LogP contribution < -0.4 is 11.1 Å². The van der Waals surface area contributed by atoms with Crippen LogP contribution in [-0.2, 0) is 22.6 Å². The smallest absolute Gasteiger partial charge is 0.239 e. The summed E-state index contributed by atoms with van der Waals surface area (Å²) in [5.74, 6) is -0.139. The van der Waals surface area contributed by atoms with Crippen LogP contribution in [0.15, 0.2) is 24.3 Å². The first-order valence-electron chi connectivity index (χ1n) is 7.83.